The Morgan fingerprint density at radius 3 is 2.71 bits per heavy atom. The van der Waals surface area contributed by atoms with Gasteiger partial charge in [0, 0.05) is 11.6 Å². The number of aromatic nitrogens is 4. The van der Waals surface area contributed by atoms with E-state index in [1.54, 1.807) is 0 Å². The number of aryl methyl sites for hydroxylation is 1. The second kappa shape index (κ2) is 6.77. The van der Waals surface area contributed by atoms with Crippen molar-refractivity contribution in [2.45, 2.75) is 38.8 Å². The van der Waals surface area contributed by atoms with Crippen LogP contribution in [-0.2, 0) is 16.1 Å². The summed E-state index contributed by atoms with van der Waals surface area (Å²) in [4.78, 5) is 24.2. The molecule has 0 saturated heterocycles. The van der Waals surface area contributed by atoms with Gasteiger partial charge in [-0.05, 0) is 31.4 Å². The first kappa shape index (κ1) is 16.1. The van der Waals surface area contributed by atoms with Gasteiger partial charge < -0.3 is 10.4 Å². The van der Waals surface area contributed by atoms with Crippen molar-refractivity contribution < 1.29 is 14.7 Å². The molecule has 126 valence electrons. The Kier molecular flexibility index (Phi) is 4.54. The Hall–Kier alpha value is -2.77. The molecule has 1 fully saturated rings. The topological polar surface area (TPSA) is 110 Å². The molecule has 0 bridgehead atoms. The number of hydrogen-bond acceptors (Lipinski definition) is 5. The predicted molar refractivity (Wildman–Crippen MR) is 84.9 cm³/mol. The summed E-state index contributed by atoms with van der Waals surface area (Å²) in [5, 5.41) is 23.9. The lowest BCUT2D eigenvalue weighted by molar-refractivity contribution is -0.141. The quantitative estimate of drug-likeness (QED) is 0.847. The normalized spacial score (nSPS) is 20.0. The molecule has 8 heteroatoms. The minimum Gasteiger partial charge on any atom is -0.481 e. The largest absolute Gasteiger partial charge is 0.481 e. The Labute approximate surface area is 138 Å². The minimum atomic E-state index is -0.799. The van der Waals surface area contributed by atoms with E-state index >= 15 is 0 Å². The molecule has 0 unspecified atom stereocenters. The van der Waals surface area contributed by atoms with Crippen LogP contribution >= 0.6 is 0 Å². The maximum absolute atomic E-state index is 12.0. The number of carbonyl (C=O) groups excluding carboxylic acids is 1. The van der Waals surface area contributed by atoms with Gasteiger partial charge in [0.2, 0.25) is 11.7 Å². The van der Waals surface area contributed by atoms with E-state index in [0.29, 0.717) is 25.1 Å². The summed E-state index contributed by atoms with van der Waals surface area (Å²) in [5.74, 6) is -0.936. The molecule has 1 aliphatic carbocycles. The molecule has 1 aliphatic rings. The Balaban J connectivity index is 1.56. The molecular weight excluding hydrogens is 310 g/mol. The van der Waals surface area contributed by atoms with Crippen LogP contribution in [-0.4, -0.2) is 43.2 Å². The van der Waals surface area contributed by atoms with Gasteiger partial charge in [-0.25, -0.2) is 0 Å². The van der Waals surface area contributed by atoms with Crippen LogP contribution in [0.1, 0.15) is 24.8 Å². The second-order valence-corrected chi connectivity index (χ2v) is 6.12. The van der Waals surface area contributed by atoms with Gasteiger partial charge in [0.25, 0.3) is 0 Å². The fourth-order valence-corrected chi connectivity index (χ4v) is 2.87. The monoisotopic (exact) mass is 329 g/mol. The number of amides is 1. The molecular formula is C16H19N5O3. The molecule has 1 aromatic heterocycles. The van der Waals surface area contributed by atoms with Gasteiger partial charge in [0.15, 0.2) is 0 Å². The number of benzene rings is 1. The maximum Gasteiger partial charge on any atom is 0.306 e. The highest BCUT2D eigenvalue weighted by Crippen LogP contribution is 2.25. The van der Waals surface area contributed by atoms with Crippen molar-refractivity contribution in [3.8, 4) is 11.4 Å². The number of tetrazole rings is 1. The summed E-state index contributed by atoms with van der Waals surface area (Å²) in [6, 6.07) is 7.63. The smallest absolute Gasteiger partial charge is 0.306 e. The zero-order valence-corrected chi connectivity index (χ0v) is 13.3. The maximum atomic E-state index is 12.0. The van der Waals surface area contributed by atoms with Crippen molar-refractivity contribution in [2.75, 3.05) is 0 Å². The van der Waals surface area contributed by atoms with Gasteiger partial charge in [-0.2, -0.15) is 4.80 Å². The van der Waals surface area contributed by atoms with Crippen LogP contribution in [0.15, 0.2) is 24.3 Å². The molecule has 3 rings (SSSR count). The summed E-state index contributed by atoms with van der Waals surface area (Å²) in [7, 11) is 0. The summed E-state index contributed by atoms with van der Waals surface area (Å²) in [6.45, 7) is 1.96. The van der Waals surface area contributed by atoms with Crippen molar-refractivity contribution in [2.24, 2.45) is 5.92 Å². The summed E-state index contributed by atoms with van der Waals surface area (Å²) < 4.78 is 0. The van der Waals surface area contributed by atoms with Crippen LogP contribution < -0.4 is 5.32 Å². The van der Waals surface area contributed by atoms with E-state index in [-0.39, 0.29) is 24.4 Å². The van der Waals surface area contributed by atoms with E-state index in [0.717, 1.165) is 11.1 Å². The fraction of sp³-hybridized carbons (Fsp3) is 0.438. The second-order valence-electron chi connectivity index (χ2n) is 6.12. The summed E-state index contributed by atoms with van der Waals surface area (Å²) >= 11 is 0. The molecule has 1 aromatic carbocycles. The van der Waals surface area contributed by atoms with Crippen LogP contribution in [0.5, 0.6) is 0 Å². The van der Waals surface area contributed by atoms with Crippen molar-refractivity contribution in [1.29, 1.82) is 0 Å². The number of rotatable bonds is 5. The van der Waals surface area contributed by atoms with Crippen molar-refractivity contribution >= 4 is 11.9 Å². The molecule has 0 radical (unpaired) electrons. The molecule has 1 amide bonds. The molecule has 2 aromatic rings. The van der Waals surface area contributed by atoms with Crippen LogP contribution in [0.2, 0.25) is 0 Å². The average molecular weight is 329 g/mol. The van der Waals surface area contributed by atoms with Gasteiger partial charge in [-0.1, -0.05) is 29.8 Å². The lowest BCUT2D eigenvalue weighted by Gasteiger charge is -2.11. The fourth-order valence-electron chi connectivity index (χ4n) is 2.87. The summed E-state index contributed by atoms with van der Waals surface area (Å²) in [5.41, 5.74) is 1.98. The van der Waals surface area contributed by atoms with E-state index in [2.05, 4.69) is 20.7 Å². The van der Waals surface area contributed by atoms with Gasteiger partial charge >= 0.3 is 5.97 Å². The third-order valence-electron chi connectivity index (χ3n) is 4.19. The first-order valence-electron chi connectivity index (χ1n) is 7.88. The average Bonchev–Trinajstić information content (AvgIpc) is 3.17. The van der Waals surface area contributed by atoms with Crippen LogP contribution in [0.4, 0.5) is 0 Å². The zero-order valence-electron chi connectivity index (χ0n) is 13.3. The highest BCUT2D eigenvalue weighted by molar-refractivity contribution is 5.76. The Morgan fingerprint density at radius 2 is 2.04 bits per heavy atom. The highest BCUT2D eigenvalue weighted by Gasteiger charge is 2.30. The lowest BCUT2D eigenvalue weighted by atomic mass is 10.1. The summed E-state index contributed by atoms with van der Waals surface area (Å²) in [6.07, 6.45) is 1.75. The lowest BCUT2D eigenvalue weighted by Crippen LogP contribution is -2.36. The van der Waals surface area contributed by atoms with E-state index in [4.69, 9.17) is 5.11 Å². The number of carbonyl (C=O) groups is 2. The van der Waals surface area contributed by atoms with Gasteiger partial charge in [0.05, 0.1) is 5.92 Å². The predicted octanol–water partition coefficient (Wildman–Crippen LogP) is 1.02. The minimum absolute atomic E-state index is 0.0346. The van der Waals surface area contributed by atoms with Crippen molar-refractivity contribution in [3.63, 3.8) is 0 Å². The number of nitrogens with zero attached hydrogens (tertiary/aromatic N) is 4. The van der Waals surface area contributed by atoms with Gasteiger partial charge in [-0.3, -0.25) is 9.59 Å². The third kappa shape index (κ3) is 3.76. The number of carboxylic acids is 1. The van der Waals surface area contributed by atoms with Crippen LogP contribution in [0.25, 0.3) is 11.4 Å². The SMILES string of the molecule is Cc1ccc(-c2nnn(CC(=O)N[C@H]3CC[C@@H](C(=O)O)C3)n2)cc1. The molecule has 2 atom stereocenters. The van der Waals surface area contributed by atoms with Gasteiger partial charge in [0.1, 0.15) is 6.54 Å². The van der Waals surface area contributed by atoms with E-state index in [1.165, 1.54) is 4.80 Å². The molecule has 0 spiro atoms. The number of carboxylic acid groups (broad SMARTS) is 1. The molecule has 1 saturated carbocycles. The van der Waals surface area contributed by atoms with Crippen molar-refractivity contribution in [3.05, 3.63) is 29.8 Å². The Bertz CT molecular complexity index is 740. The van der Waals surface area contributed by atoms with E-state index in [9.17, 15) is 9.59 Å². The third-order valence-corrected chi connectivity index (χ3v) is 4.19. The zero-order chi connectivity index (χ0) is 17.1. The van der Waals surface area contributed by atoms with Gasteiger partial charge in [-0.15, -0.1) is 10.2 Å². The first-order chi connectivity index (χ1) is 11.5. The molecule has 0 aliphatic heterocycles. The molecule has 1 heterocycles. The van der Waals surface area contributed by atoms with Crippen molar-refractivity contribution in [1.82, 2.24) is 25.5 Å². The standard InChI is InChI=1S/C16H19N5O3/c1-10-2-4-11(5-3-10)15-18-20-21(19-15)9-14(22)17-13-7-6-12(8-13)16(23)24/h2-5,12-13H,6-9H2,1H3,(H,17,22)(H,23,24)/t12-,13+/m1/s1. The van der Waals surface area contributed by atoms with Crippen LogP contribution in [0, 0.1) is 12.8 Å². The highest BCUT2D eigenvalue weighted by atomic mass is 16.4. The number of nitrogens with one attached hydrogen (secondary N) is 1. The first-order valence-corrected chi connectivity index (χ1v) is 7.88. The van der Waals surface area contributed by atoms with E-state index in [1.807, 2.05) is 31.2 Å². The van der Waals surface area contributed by atoms with E-state index < -0.39 is 5.97 Å². The molecule has 2 N–H and O–H groups in total. The molecule has 24 heavy (non-hydrogen) atoms. The number of hydrogen-bond donors (Lipinski definition) is 2. The Morgan fingerprint density at radius 1 is 1.29 bits per heavy atom. The van der Waals surface area contributed by atoms with Crippen LogP contribution in [0.3, 0.4) is 0 Å². The molecule has 8 nitrogen and oxygen atoms in total. The number of aliphatic carboxylic acids is 1.